The average molecular weight is 209 g/mol. The molecule has 2 rings (SSSR count). The number of aromatic nitrogens is 2. The van der Waals surface area contributed by atoms with Gasteiger partial charge in [0.2, 0.25) is 0 Å². The van der Waals surface area contributed by atoms with Crippen LogP contribution in [0.1, 0.15) is 30.5 Å². The Hall–Kier alpha value is -0.870. The van der Waals surface area contributed by atoms with E-state index in [1.807, 2.05) is 17.9 Å². The number of hydrogen-bond donors (Lipinski definition) is 2. The summed E-state index contributed by atoms with van der Waals surface area (Å²) < 4.78 is 1.88. The van der Waals surface area contributed by atoms with E-state index in [-0.39, 0.29) is 12.1 Å². The first kappa shape index (κ1) is 10.6. The molecule has 1 aliphatic carbocycles. The molecule has 1 aliphatic rings. The highest BCUT2D eigenvalue weighted by Gasteiger charge is 2.24. The van der Waals surface area contributed by atoms with E-state index < -0.39 is 0 Å². The van der Waals surface area contributed by atoms with Crippen LogP contribution in [0.5, 0.6) is 0 Å². The van der Waals surface area contributed by atoms with Crippen LogP contribution in [-0.4, -0.2) is 27.0 Å². The van der Waals surface area contributed by atoms with E-state index >= 15 is 0 Å². The molecule has 15 heavy (non-hydrogen) atoms. The molecule has 0 unspecified atom stereocenters. The van der Waals surface area contributed by atoms with E-state index in [0.29, 0.717) is 0 Å². The Morgan fingerprint density at radius 1 is 1.60 bits per heavy atom. The molecule has 0 amide bonds. The van der Waals surface area contributed by atoms with Crippen molar-refractivity contribution >= 4 is 0 Å². The maximum absolute atomic E-state index is 9.66. The van der Waals surface area contributed by atoms with Gasteiger partial charge in [-0.05, 0) is 26.2 Å². The lowest BCUT2D eigenvalue weighted by Gasteiger charge is -2.15. The summed E-state index contributed by atoms with van der Waals surface area (Å²) in [6.45, 7) is 2.87. The van der Waals surface area contributed by atoms with Crippen molar-refractivity contribution in [1.82, 2.24) is 15.1 Å². The monoisotopic (exact) mass is 209 g/mol. The van der Waals surface area contributed by atoms with Gasteiger partial charge in [-0.1, -0.05) is 0 Å². The Morgan fingerprint density at radius 2 is 2.40 bits per heavy atom. The van der Waals surface area contributed by atoms with Crippen LogP contribution >= 0.6 is 0 Å². The van der Waals surface area contributed by atoms with Gasteiger partial charge in [0.05, 0.1) is 12.3 Å². The van der Waals surface area contributed by atoms with Gasteiger partial charge in [0, 0.05) is 30.9 Å². The van der Waals surface area contributed by atoms with Crippen LogP contribution in [0.25, 0.3) is 0 Å². The Morgan fingerprint density at radius 3 is 2.93 bits per heavy atom. The minimum Gasteiger partial charge on any atom is -0.392 e. The van der Waals surface area contributed by atoms with Crippen LogP contribution in [-0.2, 0) is 13.6 Å². The number of aliphatic hydroxyl groups is 1. The van der Waals surface area contributed by atoms with E-state index in [2.05, 4.69) is 17.3 Å². The van der Waals surface area contributed by atoms with E-state index in [0.717, 1.165) is 25.8 Å². The third-order valence-electron chi connectivity index (χ3n) is 3.37. The molecule has 0 radical (unpaired) electrons. The first-order valence-electron chi connectivity index (χ1n) is 5.57. The fraction of sp³-hybridized carbons (Fsp3) is 0.727. The summed E-state index contributed by atoms with van der Waals surface area (Å²) in [4.78, 5) is 0. The van der Waals surface area contributed by atoms with Crippen molar-refractivity contribution in [1.29, 1.82) is 0 Å². The minimum atomic E-state index is -0.165. The lowest BCUT2D eigenvalue weighted by molar-refractivity contribution is 0.148. The summed E-state index contributed by atoms with van der Waals surface area (Å²) in [5.74, 6) is 0. The first-order valence-corrected chi connectivity index (χ1v) is 5.57. The first-order chi connectivity index (χ1) is 7.18. The number of nitrogens with zero attached hydrogens (tertiary/aromatic N) is 2. The van der Waals surface area contributed by atoms with Gasteiger partial charge in [0.1, 0.15) is 0 Å². The molecule has 1 aromatic rings. The van der Waals surface area contributed by atoms with E-state index in [9.17, 15) is 5.11 Å². The van der Waals surface area contributed by atoms with E-state index in [4.69, 9.17) is 0 Å². The topological polar surface area (TPSA) is 50.1 Å². The van der Waals surface area contributed by atoms with Gasteiger partial charge in [0.15, 0.2) is 0 Å². The number of aryl methyl sites for hydroxylation is 1. The van der Waals surface area contributed by atoms with Crippen molar-refractivity contribution < 1.29 is 5.11 Å². The SMILES string of the molecule is Cc1c(CN[C@@H]2CCC[C@H]2O)cnn1C. The second-order valence-electron chi connectivity index (χ2n) is 4.36. The summed E-state index contributed by atoms with van der Waals surface area (Å²) in [5, 5.41) is 17.3. The van der Waals surface area contributed by atoms with Crippen LogP contribution in [0.15, 0.2) is 6.20 Å². The van der Waals surface area contributed by atoms with Crippen LogP contribution in [0, 0.1) is 6.92 Å². The molecule has 2 atom stereocenters. The molecule has 1 aromatic heterocycles. The van der Waals surface area contributed by atoms with Crippen molar-refractivity contribution in [2.75, 3.05) is 0 Å². The van der Waals surface area contributed by atoms with Crippen LogP contribution in [0.2, 0.25) is 0 Å². The van der Waals surface area contributed by atoms with Gasteiger partial charge in [-0.3, -0.25) is 4.68 Å². The number of nitrogens with one attached hydrogen (secondary N) is 1. The zero-order valence-corrected chi connectivity index (χ0v) is 9.40. The van der Waals surface area contributed by atoms with E-state index in [1.54, 1.807) is 0 Å². The molecule has 0 bridgehead atoms. The molecule has 1 fully saturated rings. The van der Waals surface area contributed by atoms with Gasteiger partial charge in [-0.25, -0.2) is 0 Å². The molecule has 0 spiro atoms. The van der Waals surface area contributed by atoms with Crippen LogP contribution in [0.4, 0.5) is 0 Å². The third-order valence-corrected chi connectivity index (χ3v) is 3.37. The zero-order chi connectivity index (χ0) is 10.8. The molecule has 0 saturated heterocycles. The summed E-state index contributed by atoms with van der Waals surface area (Å²) in [5.41, 5.74) is 2.41. The normalized spacial score (nSPS) is 26.1. The molecule has 84 valence electrons. The minimum absolute atomic E-state index is 0.165. The number of rotatable bonds is 3. The van der Waals surface area contributed by atoms with Gasteiger partial charge < -0.3 is 10.4 Å². The highest BCUT2D eigenvalue weighted by Crippen LogP contribution is 2.19. The van der Waals surface area contributed by atoms with Crippen molar-refractivity contribution in [3.63, 3.8) is 0 Å². The largest absolute Gasteiger partial charge is 0.392 e. The fourth-order valence-corrected chi connectivity index (χ4v) is 2.14. The van der Waals surface area contributed by atoms with Gasteiger partial charge in [-0.15, -0.1) is 0 Å². The molecule has 4 heteroatoms. The molecule has 0 aromatic carbocycles. The number of hydrogen-bond acceptors (Lipinski definition) is 3. The maximum atomic E-state index is 9.66. The second kappa shape index (κ2) is 4.33. The van der Waals surface area contributed by atoms with Gasteiger partial charge in [-0.2, -0.15) is 5.10 Å². The van der Waals surface area contributed by atoms with Gasteiger partial charge in [0.25, 0.3) is 0 Å². The molecule has 1 heterocycles. The second-order valence-corrected chi connectivity index (χ2v) is 4.36. The summed E-state index contributed by atoms with van der Waals surface area (Å²) in [6, 6.07) is 0.268. The quantitative estimate of drug-likeness (QED) is 0.771. The average Bonchev–Trinajstić information content (AvgIpc) is 2.74. The Balaban J connectivity index is 1.90. The molecule has 4 nitrogen and oxygen atoms in total. The Kier molecular flexibility index (Phi) is 3.07. The summed E-state index contributed by atoms with van der Waals surface area (Å²) >= 11 is 0. The lowest BCUT2D eigenvalue weighted by atomic mass is 10.2. The number of aliphatic hydroxyl groups excluding tert-OH is 1. The predicted molar refractivity (Wildman–Crippen MR) is 58.4 cm³/mol. The van der Waals surface area contributed by atoms with Crippen molar-refractivity contribution in [3.8, 4) is 0 Å². The maximum Gasteiger partial charge on any atom is 0.0693 e. The van der Waals surface area contributed by atoms with Crippen molar-refractivity contribution in [3.05, 3.63) is 17.5 Å². The molecular formula is C11H19N3O. The predicted octanol–water partition coefficient (Wildman–Crippen LogP) is 0.732. The molecule has 1 saturated carbocycles. The summed E-state index contributed by atoms with van der Waals surface area (Å²) in [6.07, 6.45) is 4.88. The fourth-order valence-electron chi connectivity index (χ4n) is 2.14. The zero-order valence-electron chi connectivity index (χ0n) is 9.40. The Labute approximate surface area is 90.3 Å². The standard InChI is InChI=1S/C11H19N3O/c1-8-9(7-13-14(8)2)6-12-10-4-3-5-11(10)15/h7,10-12,15H,3-6H2,1-2H3/t10-,11-/m1/s1. The van der Waals surface area contributed by atoms with Crippen molar-refractivity contribution in [2.45, 2.75) is 44.9 Å². The van der Waals surface area contributed by atoms with Crippen molar-refractivity contribution in [2.24, 2.45) is 7.05 Å². The lowest BCUT2D eigenvalue weighted by Crippen LogP contribution is -2.35. The van der Waals surface area contributed by atoms with Gasteiger partial charge >= 0.3 is 0 Å². The molecule has 2 N–H and O–H groups in total. The van der Waals surface area contributed by atoms with E-state index in [1.165, 1.54) is 11.3 Å². The highest BCUT2D eigenvalue weighted by molar-refractivity contribution is 5.15. The van der Waals surface area contributed by atoms with Crippen LogP contribution < -0.4 is 5.32 Å². The highest BCUT2D eigenvalue weighted by atomic mass is 16.3. The smallest absolute Gasteiger partial charge is 0.0693 e. The molecular weight excluding hydrogens is 190 g/mol. The molecule has 0 aliphatic heterocycles. The summed E-state index contributed by atoms with van der Waals surface area (Å²) in [7, 11) is 1.95. The van der Waals surface area contributed by atoms with Crippen LogP contribution in [0.3, 0.4) is 0 Å². The Bertz CT molecular complexity index is 335. The third kappa shape index (κ3) is 2.21.